The fraction of sp³-hybridized carbons (Fsp3) is 0.421. The van der Waals surface area contributed by atoms with E-state index in [1.54, 1.807) is 12.1 Å². The van der Waals surface area contributed by atoms with Crippen molar-refractivity contribution in [2.24, 2.45) is 0 Å². The minimum Gasteiger partial charge on any atom is -0.480 e. The van der Waals surface area contributed by atoms with Crippen molar-refractivity contribution in [2.45, 2.75) is 88.0 Å². The van der Waals surface area contributed by atoms with Gasteiger partial charge in [0.15, 0.2) is 6.61 Å². The Labute approximate surface area is 320 Å². The number of carbonyl (C=O) groups excluding carboxylic acids is 2. The fourth-order valence-corrected chi connectivity index (χ4v) is 6.67. The second kappa shape index (κ2) is 17.0. The normalized spacial score (nSPS) is 17.6. The zero-order valence-electron chi connectivity index (χ0n) is 29.9. The van der Waals surface area contributed by atoms with Gasteiger partial charge in [0.2, 0.25) is 17.7 Å². The van der Waals surface area contributed by atoms with Gasteiger partial charge in [0.05, 0.1) is 11.2 Å². The molecular weight excluding hydrogens is 741 g/mol. The lowest BCUT2D eigenvalue weighted by molar-refractivity contribution is -0.154. The Bertz CT molecular complexity index is 1930. The van der Waals surface area contributed by atoms with Gasteiger partial charge < -0.3 is 36.4 Å². The number of rotatable bonds is 16. The summed E-state index contributed by atoms with van der Waals surface area (Å²) in [5, 5.41) is 25.5. The third-order valence-corrected chi connectivity index (χ3v) is 9.98. The molecule has 2 fully saturated rings. The van der Waals surface area contributed by atoms with Gasteiger partial charge in [-0.25, -0.2) is 4.79 Å². The van der Waals surface area contributed by atoms with Crippen LogP contribution in [0.2, 0.25) is 5.02 Å². The molecule has 0 spiro atoms. The number of ether oxygens (including phenoxy) is 1. The molecule has 0 unspecified atom stereocenters. The van der Waals surface area contributed by atoms with Crippen molar-refractivity contribution >= 4 is 46.8 Å². The van der Waals surface area contributed by atoms with Crippen LogP contribution in [-0.4, -0.2) is 69.1 Å². The first-order valence-corrected chi connectivity index (χ1v) is 18.6. The molecule has 1 amide bonds. The summed E-state index contributed by atoms with van der Waals surface area (Å²) in [6, 6.07) is 11.5. The number of nitrogens with one attached hydrogen (secondary N) is 5. The molecule has 2 saturated carbocycles. The highest BCUT2D eigenvalue weighted by atomic mass is 35.5. The van der Waals surface area contributed by atoms with Crippen molar-refractivity contribution in [1.29, 1.82) is 0 Å². The van der Waals surface area contributed by atoms with Crippen molar-refractivity contribution < 1.29 is 37.4 Å². The van der Waals surface area contributed by atoms with Crippen LogP contribution < -0.4 is 31.3 Å². The van der Waals surface area contributed by atoms with E-state index in [0.717, 1.165) is 44.1 Å². The van der Waals surface area contributed by atoms with Crippen molar-refractivity contribution in [3.05, 3.63) is 88.2 Å². The summed E-state index contributed by atoms with van der Waals surface area (Å²) in [5.41, 5.74) is 2.32. The Morgan fingerprint density at radius 3 is 2.24 bits per heavy atom. The Hall–Kier alpha value is -5.38. The summed E-state index contributed by atoms with van der Waals surface area (Å²) < 4.78 is 43.7. The molecule has 1 heterocycles. The minimum atomic E-state index is -4.63. The molecule has 0 bridgehead atoms. The topological polar surface area (TPSA) is 179 Å². The number of nitrogens with zero attached hydrogens (tertiary/aromatic N) is 3. The lowest BCUT2D eigenvalue weighted by Crippen LogP contribution is -2.45. The Balaban J connectivity index is 1.07. The van der Waals surface area contributed by atoms with Gasteiger partial charge in [-0.1, -0.05) is 62.4 Å². The SMILES string of the molecule is C=C1C(=O)C(NCC[C@H](NC(=O)c2ccc(Nc3nc(NC4(c5ccc(Cl)cc5)CC4)nc(OCC(F)(F)F)n3)cc2)C(=O)O)=C1NC1CCCCCCC1. The van der Waals surface area contributed by atoms with Crippen LogP contribution in [0.4, 0.5) is 30.8 Å². The molecular formula is C38H42ClF3N8O5. The minimum absolute atomic E-state index is 0.00548. The number of carboxylic acids is 1. The Morgan fingerprint density at radius 1 is 0.945 bits per heavy atom. The van der Waals surface area contributed by atoms with E-state index in [9.17, 15) is 32.7 Å². The quantitative estimate of drug-likeness (QED) is 0.0868. The monoisotopic (exact) mass is 782 g/mol. The number of carboxylic acid groups (broad SMARTS) is 1. The van der Waals surface area contributed by atoms with Crippen molar-refractivity contribution in [2.75, 3.05) is 23.8 Å². The summed E-state index contributed by atoms with van der Waals surface area (Å²) in [4.78, 5) is 50.1. The van der Waals surface area contributed by atoms with E-state index >= 15 is 0 Å². The highest BCUT2D eigenvalue weighted by molar-refractivity contribution is 6.30. The molecule has 1 aromatic heterocycles. The molecule has 292 valence electrons. The number of allylic oxidation sites excluding steroid dienone is 2. The maximum Gasteiger partial charge on any atom is 0.422 e. The van der Waals surface area contributed by atoms with E-state index < -0.39 is 42.3 Å². The molecule has 2 aromatic carbocycles. The number of ketones is 1. The summed E-state index contributed by atoms with van der Waals surface area (Å²) >= 11 is 6.04. The van der Waals surface area contributed by atoms with Crippen LogP contribution >= 0.6 is 11.6 Å². The van der Waals surface area contributed by atoms with Crippen LogP contribution in [0.1, 0.15) is 80.1 Å². The maximum atomic E-state index is 13.1. The molecule has 55 heavy (non-hydrogen) atoms. The van der Waals surface area contributed by atoms with E-state index in [2.05, 4.69) is 48.1 Å². The fourth-order valence-electron chi connectivity index (χ4n) is 6.55. The van der Waals surface area contributed by atoms with Gasteiger partial charge in [0, 0.05) is 34.4 Å². The number of carbonyl (C=O) groups is 3. The number of hydrogen-bond acceptors (Lipinski definition) is 11. The average molecular weight is 783 g/mol. The number of anilines is 3. The summed E-state index contributed by atoms with van der Waals surface area (Å²) in [7, 11) is 0. The van der Waals surface area contributed by atoms with Crippen LogP contribution in [0, 0.1) is 0 Å². The molecule has 13 nitrogen and oxygen atoms in total. The number of benzene rings is 2. The molecule has 3 aromatic rings. The first kappa shape index (κ1) is 39.3. The Morgan fingerprint density at radius 2 is 1.60 bits per heavy atom. The van der Waals surface area contributed by atoms with Crippen molar-refractivity contribution in [1.82, 2.24) is 30.9 Å². The average Bonchev–Trinajstić information content (AvgIpc) is 3.92. The number of aromatic nitrogens is 3. The summed E-state index contributed by atoms with van der Waals surface area (Å²) in [5.74, 6) is -2.25. The number of Topliss-reactive ketones (excluding diaryl/α,β-unsaturated/α-hetero) is 1. The maximum absolute atomic E-state index is 13.1. The molecule has 3 aliphatic carbocycles. The van der Waals surface area contributed by atoms with Gasteiger partial charge in [-0.2, -0.15) is 28.1 Å². The number of hydrogen-bond donors (Lipinski definition) is 6. The zero-order chi connectivity index (χ0) is 39.2. The van der Waals surface area contributed by atoms with E-state index in [1.165, 1.54) is 43.5 Å². The second-order valence-electron chi connectivity index (χ2n) is 13.9. The smallest absolute Gasteiger partial charge is 0.422 e. The van der Waals surface area contributed by atoms with Gasteiger partial charge in [-0.15, -0.1) is 0 Å². The molecule has 6 rings (SSSR count). The third kappa shape index (κ3) is 10.4. The van der Waals surface area contributed by atoms with Gasteiger partial charge in [0.1, 0.15) is 11.7 Å². The molecule has 0 aliphatic heterocycles. The van der Waals surface area contributed by atoms with Crippen molar-refractivity contribution in [3.63, 3.8) is 0 Å². The van der Waals surface area contributed by atoms with E-state index in [0.29, 0.717) is 27.7 Å². The van der Waals surface area contributed by atoms with Crippen LogP contribution in [-0.2, 0) is 15.1 Å². The number of aliphatic carboxylic acids is 1. The second-order valence-corrected chi connectivity index (χ2v) is 14.3. The molecule has 1 atom stereocenters. The molecule has 0 saturated heterocycles. The van der Waals surface area contributed by atoms with E-state index in [1.807, 2.05) is 12.1 Å². The number of halogens is 4. The van der Waals surface area contributed by atoms with Gasteiger partial charge in [-0.05, 0) is 74.1 Å². The lowest BCUT2D eigenvalue weighted by Gasteiger charge is -2.31. The van der Waals surface area contributed by atoms with Crippen LogP contribution in [0.15, 0.2) is 72.1 Å². The molecule has 6 N–H and O–H groups in total. The predicted molar refractivity (Wildman–Crippen MR) is 199 cm³/mol. The van der Waals surface area contributed by atoms with E-state index in [4.69, 9.17) is 16.3 Å². The summed E-state index contributed by atoms with van der Waals surface area (Å²) in [6.45, 7) is 2.38. The van der Waals surface area contributed by atoms with Gasteiger partial charge in [-0.3, -0.25) is 9.59 Å². The first-order valence-electron chi connectivity index (χ1n) is 18.2. The zero-order valence-corrected chi connectivity index (χ0v) is 30.7. The van der Waals surface area contributed by atoms with E-state index in [-0.39, 0.29) is 42.3 Å². The van der Waals surface area contributed by atoms with Crippen LogP contribution in [0.3, 0.4) is 0 Å². The largest absolute Gasteiger partial charge is 0.480 e. The molecule has 17 heteroatoms. The highest BCUT2D eigenvalue weighted by Crippen LogP contribution is 2.48. The molecule has 0 radical (unpaired) electrons. The van der Waals surface area contributed by atoms with Crippen LogP contribution in [0.5, 0.6) is 6.01 Å². The standard InChI is InChI=1S/C38H42ClF3N8O5/c1-22-29(44-26-7-5-3-2-4-6-8-26)30(31(22)51)43-20-17-28(33(53)54)46-32(52)23-9-15-27(16-10-23)45-34-47-35(49-36(48-34)55-21-38(40,41)42)50-37(18-19-37)24-11-13-25(39)14-12-24/h9-16,26,28,43-44H,1-8,17-21H2,(H,46,52)(H,53,54)(H2,45,47,48,49,50)/t28-/m0/s1. The first-order chi connectivity index (χ1) is 26.3. The molecule has 3 aliphatic rings. The third-order valence-electron chi connectivity index (χ3n) is 9.73. The predicted octanol–water partition coefficient (Wildman–Crippen LogP) is 6.53. The number of amides is 1. The van der Waals surface area contributed by atoms with Gasteiger partial charge in [0.25, 0.3) is 5.91 Å². The Kier molecular flexibility index (Phi) is 12.1. The lowest BCUT2D eigenvalue weighted by atomic mass is 9.90. The van der Waals surface area contributed by atoms with Crippen LogP contribution in [0.25, 0.3) is 0 Å². The van der Waals surface area contributed by atoms with Crippen molar-refractivity contribution in [3.8, 4) is 6.01 Å². The van der Waals surface area contributed by atoms with Gasteiger partial charge >= 0.3 is 18.2 Å². The summed E-state index contributed by atoms with van der Waals surface area (Å²) in [6.07, 6.45) is 4.66. The highest BCUT2D eigenvalue weighted by Gasteiger charge is 2.45. The number of alkyl halides is 3.